The van der Waals surface area contributed by atoms with E-state index in [9.17, 15) is 0 Å². The maximum Gasteiger partial charge on any atom is 0.113 e. The zero-order chi connectivity index (χ0) is 18.8. The average molecular weight is 365 g/mol. The summed E-state index contributed by atoms with van der Waals surface area (Å²) in [6.45, 7) is 2.28. The van der Waals surface area contributed by atoms with Crippen LogP contribution in [0.25, 0.3) is 28.0 Å². The van der Waals surface area contributed by atoms with E-state index >= 15 is 0 Å². The Balaban J connectivity index is 1.39. The first kappa shape index (κ1) is 16.1. The fourth-order valence-electron chi connectivity index (χ4n) is 4.81. The first-order valence-corrected chi connectivity index (χ1v) is 10.2. The Labute approximate surface area is 164 Å². The normalized spacial score (nSPS) is 23.3. The Kier molecular flexibility index (Phi) is 3.31. The summed E-state index contributed by atoms with van der Waals surface area (Å²) < 4.78 is 2.30. The van der Waals surface area contributed by atoms with Crippen molar-refractivity contribution in [3.8, 4) is 0 Å². The van der Waals surface area contributed by atoms with Crippen LogP contribution in [-0.2, 0) is 13.5 Å². The van der Waals surface area contributed by atoms with E-state index in [-0.39, 0.29) is 0 Å². The number of para-hydroxylation sites is 1. The van der Waals surface area contributed by atoms with E-state index in [0.29, 0.717) is 17.8 Å². The van der Waals surface area contributed by atoms with Gasteiger partial charge in [-0.2, -0.15) is 0 Å². The minimum atomic E-state index is 0.466. The molecular formula is C25H23N3. The number of nitrogens with zero attached hydrogens (tertiary/aromatic N) is 3. The van der Waals surface area contributed by atoms with Gasteiger partial charge in [-0.25, -0.2) is 4.98 Å². The second kappa shape index (κ2) is 5.78. The predicted molar refractivity (Wildman–Crippen MR) is 114 cm³/mol. The molecule has 2 aliphatic rings. The van der Waals surface area contributed by atoms with Crippen LogP contribution in [0.4, 0.5) is 0 Å². The summed E-state index contributed by atoms with van der Waals surface area (Å²) in [6.07, 6.45) is 6.84. The van der Waals surface area contributed by atoms with Crippen LogP contribution < -0.4 is 0 Å². The van der Waals surface area contributed by atoms with Crippen LogP contribution in [0.2, 0.25) is 0 Å². The first-order chi connectivity index (χ1) is 13.7. The van der Waals surface area contributed by atoms with Crippen LogP contribution in [-0.4, -0.2) is 14.5 Å². The summed E-state index contributed by atoms with van der Waals surface area (Å²) in [7, 11) is 2.16. The summed E-state index contributed by atoms with van der Waals surface area (Å²) in [5, 5.41) is 1.21. The minimum absolute atomic E-state index is 0.466. The number of pyridine rings is 1. The second-order valence-electron chi connectivity index (χ2n) is 8.45. The van der Waals surface area contributed by atoms with Gasteiger partial charge >= 0.3 is 0 Å². The molecule has 2 aromatic heterocycles. The molecule has 2 aromatic carbocycles. The van der Waals surface area contributed by atoms with E-state index in [1.807, 2.05) is 0 Å². The molecule has 3 atom stereocenters. The number of benzene rings is 2. The zero-order valence-electron chi connectivity index (χ0n) is 16.3. The van der Waals surface area contributed by atoms with Crippen molar-refractivity contribution in [3.63, 3.8) is 0 Å². The smallest absolute Gasteiger partial charge is 0.113 e. The van der Waals surface area contributed by atoms with Crippen molar-refractivity contribution in [1.82, 2.24) is 14.5 Å². The molecule has 0 bridgehead atoms. The number of aryl methyl sites for hydroxylation is 1. The fraction of sp³-hybridized carbons (Fsp3) is 0.280. The number of imidazole rings is 1. The lowest BCUT2D eigenvalue weighted by Gasteiger charge is -2.15. The molecule has 1 fully saturated rings. The lowest BCUT2D eigenvalue weighted by Crippen LogP contribution is -2.03. The molecule has 4 aromatic rings. The number of allylic oxidation sites excluding steroid dienone is 1. The number of hydrogen-bond acceptors (Lipinski definition) is 2. The molecule has 0 spiro atoms. The molecule has 138 valence electrons. The molecule has 2 aliphatic carbocycles. The Morgan fingerprint density at radius 1 is 0.964 bits per heavy atom. The van der Waals surface area contributed by atoms with Gasteiger partial charge < -0.3 is 4.57 Å². The van der Waals surface area contributed by atoms with Crippen LogP contribution >= 0.6 is 0 Å². The first-order valence-electron chi connectivity index (χ1n) is 10.2. The zero-order valence-corrected chi connectivity index (χ0v) is 16.3. The highest BCUT2D eigenvalue weighted by molar-refractivity contribution is 5.88. The lowest BCUT2D eigenvalue weighted by atomic mass is 9.90. The maximum atomic E-state index is 5.13. The van der Waals surface area contributed by atoms with Crippen molar-refractivity contribution >= 4 is 28.0 Å². The van der Waals surface area contributed by atoms with Crippen LogP contribution in [0, 0.1) is 5.92 Å². The third kappa shape index (κ3) is 2.35. The number of rotatable bonds is 2. The fourth-order valence-corrected chi connectivity index (χ4v) is 4.81. The highest BCUT2D eigenvalue weighted by Crippen LogP contribution is 2.54. The number of aromatic nitrogens is 3. The van der Waals surface area contributed by atoms with Gasteiger partial charge in [-0.1, -0.05) is 49.4 Å². The average Bonchev–Trinajstić information content (AvgIpc) is 3.44. The van der Waals surface area contributed by atoms with Crippen molar-refractivity contribution in [2.75, 3.05) is 0 Å². The van der Waals surface area contributed by atoms with E-state index in [1.165, 1.54) is 33.5 Å². The lowest BCUT2D eigenvalue weighted by molar-refractivity contribution is 0.718. The largest absolute Gasteiger partial charge is 0.331 e. The quantitative estimate of drug-likeness (QED) is 0.463. The van der Waals surface area contributed by atoms with Gasteiger partial charge in [0.2, 0.25) is 0 Å². The Hall–Kier alpha value is -2.94. The van der Waals surface area contributed by atoms with Crippen LogP contribution in [0.1, 0.15) is 47.8 Å². The molecule has 2 heterocycles. The standard InChI is InChI=1S/C25H23N3/c1-15-7-10-18-17(13-15)9-12-23-24(18)27-25(28(23)2)20-14-19(20)22-11-8-16-5-3-4-6-21(16)26-22/h3-12,15,19-20H,13-14H2,1-2H3/t15?,19?,20-/m0/s1. The highest BCUT2D eigenvalue weighted by Gasteiger charge is 2.43. The van der Waals surface area contributed by atoms with Crippen molar-refractivity contribution in [3.05, 3.63) is 77.3 Å². The van der Waals surface area contributed by atoms with E-state index < -0.39 is 0 Å². The third-order valence-electron chi connectivity index (χ3n) is 6.47. The molecule has 3 heteroatoms. The molecule has 0 aliphatic heterocycles. The van der Waals surface area contributed by atoms with Crippen LogP contribution in [0.5, 0.6) is 0 Å². The monoisotopic (exact) mass is 365 g/mol. The van der Waals surface area contributed by atoms with Crippen molar-refractivity contribution in [2.24, 2.45) is 13.0 Å². The topological polar surface area (TPSA) is 30.7 Å². The minimum Gasteiger partial charge on any atom is -0.331 e. The van der Waals surface area contributed by atoms with Crippen molar-refractivity contribution in [2.45, 2.75) is 31.6 Å². The highest BCUT2D eigenvalue weighted by atomic mass is 15.1. The summed E-state index contributed by atoms with van der Waals surface area (Å²) >= 11 is 0. The molecular weight excluding hydrogens is 342 g/mol. The summed E-state index contributed by atoms with van der Waals surface area (Å²) in [4.78, 5) is 10.1. The molecule has 0 N–H and O–H groups in total. The molecule has 0 amide bonds. The predicted octanol–water partition coefficient (Wildman–Crippen LogP) is 5.60. The van der Waals surface area contributed by atoms with E-state index in [2.05, 4.69) is 79.2 Å². The van der Waals surface area contributed by atoms with Crippen LogP contribution in [0.3, 0.4) is 0 Å². The molecule has 0 saturated heterocycles. The Morgan fingerprint density at radius 2 is 1.86 bits per heavy atom. The van der Waals surface area contributed by atoms with Gasteiger partial charge in [-0.05, 0) is 42.5 Å². The Morgan fingerprint density at radius 3 is 2.79 bits per heavy atom. The van der Waals surface area contributed by atoms with Gasteiger partial charge in [0.25, 0.3) is 0 Å². The van der Waals surface area contributed by atoms with Gasteiger partial charge in [-0.3, -0.25) is 4.98 Å². The van der Waals surface area contributed by atoms with E-state index in [4.69, 9.17) is 9.97 Å². The van der Waals surface area contributed by atoms with Crippen molar-refractivity contribution < 1.29 is 0 Å². The summed E-state index contributed by atoms with van der Waals surface area (Å²) in [5.74, 6) is 2.76. The van der Waals surface area contributed by atoms with E-state index in [0.717, 1.165) is 23.9 Å². The SMILES string of the molecule is CC1C=Cc2c(ccc3c2nc([C@H]2CC2c2ccc4ccccc4n2)n3C)C1. The van der Waals surface area contributed by atoms with Gasteiger partial charge in [0.05, 0.1) is 16.6 Å². The number of hydrogen-bond donors (Lipinski definition) is 0. The molecule has 1 saturated carbocycles. The maximum absolute atomic E-state index is 5.13. The molecule has 3 nitrogen and oxygen atoms in total. The molecule has 0 radical (unpaired) electrons. The third-order valence-corrected chi connectivity index (χ3v) is 6.47. The van der Waals surface area contributed by atoms with Gasteiger partial charge in [0.15, 0.2) is 0 Å². The summed E-state index contributed by atoms with van der Waals surface area (Å²) in [5.41, 5.74) is 7.44. The van der Waals surface area contributed by atoms with Gasteiger partial charge in [-0.15, -0.1) is 0 Å². The number of fused-ring (bicyclic) bond motifs is 4. The second-order valence-corrected chi connectivity index (χ2v) is 8.45. The van der Waals surface area contributed by atoms with E-state index in [1.54, 1.807) is 0 Å². The van der Waals surface area contributed by atoms with Gasteiger partial charge in [0, 0.05) is 35.5 Å². The summed E-state index contributed by atoms with van der Waals surface area (Å²) in [6, 6.07) is 17.3. The Bertz CT molecular complexity index is 1260. The molecule has 28 heavy (non-hydrogen) atoms. The van der Waals surface area contributed by atoms with Crippen molar-refractivity contribution in [1.29, 1.82) is 0 Å². The van der Waals surface area contributed by atoms with Crippen LogP contribution in [0.15, 0.2) is 54.6 Å². The van der Waals surface area contributed by atoms with Gasteiger partial charge in [0.1, 0.15) is 5.82 Å². The molecule has 6 rings (SSSR count). The molecule has 2 unspecified atom stereocenters.